The number of benzene rings is 2. The largest absolute Gasteiger partial charge is 0.418 e. The van der Waals surface area contributed by atoms with Crippen LogP contribution in [0.5, 0.6) is 0 Å². The Labute approximate surface area is 216 Å². The molecule has 0 saturated heterocycles. The second-order valence-corrected chi connectivity index (χ2v) is 8.51. The Bertz CT molecular complexity index is 1200. The summed E-state index contributed by atoms with van der Waals surface area (Å²) in [5.41, 5.74) is 20.2. The molecule has 9 heteroatoms. The van der Waals surface area contributed by atoms with E-state index in [4.69, 9.17) is 21.9 Å². The van der Waals surface area contributed by atoms with Crippen LogP contribution in [0.4, 0.5) is 0 Å². The smallest absolute Gasteiger partial charge is 0.329 e. The number of rotatable bonds is 12. The summed E-state index contributed by atoms with van der Waals surface area (Å²) in [7, 11) is 0. The zero-order chi connectivity index (χ0) is 25.2. The molecule has 0 unspecified atom stereocenters. The number of allylic oxidation sites excluding steroid dienone is 1. The highest BCUT2D eigenvalue weighted by atomic mass is 35.5. The number of aromatic nitrogens is 1. The predicted octanol–water partition coefficient (Wildman–Crippen LogP) is 2.92. The zero-order valence-corrected chi connectivity index (χ0v) is 20.9. The summed E-state index contributed by atoms with van der Waals surface area (Å²) in [6.45, 7) is 0.554. The van der Waals surface area contributed by atoms with Crippen molar-refractivity contribution >= 4 is 41.1 Å². The number of nitrogens with two attached hydrogens (primary N) is 3. The van der Waals surface area contributed by atoms with Crippen molar-refractivity contribution in [1.29, 1.82) is 0 Å². The number of hydrogen-bond acceptors (Lipinski definition) is 7. The van der Waals surface area contributed by atoms with E-state index in [2.05, 4.69) is 0 Å². The summed E-state index contributed by atoms with van der Waals surface area (Å²) in [4.78, 5) is 36.9. The maximum absolute atomic E-state index is 13.0. The van der Waals surface area contributed by atoms with Crippen molar-refractivity contribution < 1.29 is 19.1 Å². The normalized spacial score (nSPS) is 12.3. The molecule has 0 amide bonds. The number of carbonyl (C=O) groups is 2. The van der Waals surface area contributed by atoms with Gasteiger partial charge in [0.15, 0.2) is 11.7 Å². The van der Waals surface area contributed by atoms with Gasteiger partial charge in [-0.3, -0.25) is 9.36 Å². The maximum atomic E-state index is 13.0. The second-order valence-electron chi connectivity index (χ2n) is 8.51. The highest BCUT2D eigenvalue weighted by Crippen LogP contribution is 2.23. The lowest BCUT2D eigenvalue weighted by atomic mass is 10.1. The van der Waals surface area contributed by atoms with Crippen molar-refractivity contribution in [1.82, 2.24) is 4.57 Å². The lowest BCUT2D eigenvalue weighted by Crippen LogP contribution is -2.35. The van der Waals surface area contributed by atoms with Gasteiger partial charge in [0.25, 0.3) is 0 Å². The number of esters is 1. The van der Waals surface area contributed by atoms with Gasteiger partial charge >= 0.3 is 5.97 Å². The van der Waals surface area contributed by atoms with Gasteiger partial charge in [-0.2, -0.15) is 0 Å². The molecular weight excluding hydrogens is 480 g/mol. The summed E-state index contributed by atoms with van der Waals surface area (Å²) < 4.78 is 6.76. The van der Waals surface area contributed by atoms with Gasteiger partial charge in [0.1, 0.15) is 6.04 Å². The second kappa shape index (κ2) is 14.3. The van der Waals surface area contributed by atoms with Crippen LogP contribution in [0.3, 0.4) is 0 Å². The fraction of sp³-hybridized carbons (Fsp3) is 0.333. The molecular formula is C27H33ClN4O4. The standard InChI is InChI=1S/C27H32N4O4.ClH/c28-15-7-6-11-23(29)26(33)31-17-20(22-10-4-5-12-25(22)31)16-24(30)27(34)35-21(18-32)14-13-19-8-2-1-3-9-19;/h1-5,8-10,12,17,23-24H,6-7,11,13-16,28-30H2;1H/t23-,24-;/m0./s1. The molecule has 0 saturated carbocycles. The van der Waals surface area contributed by atoms with E-state index in [0.29, 0.717) is 30.5 Å². The number of aryl methyl sites for hydroxylation is 1. The first-order valence-electron chi connectivity index (χ1n) is 11.8. The molecule has 0 aliphatic carbocycles. The van der Waals surface area contributed by atoms with Crippen LogP contribution in [0, 0.1) is 0 Å². The third-order valence-corrected chi connectivity index (χ3v) is 5.88. The summed E-state index contributed by atoms with van der Waals surface area (Å²) >= 11 is 0. The van der Waals surface area contributed by atoms with Crippen molar-refractivity contribution in [2.45, 2.75) is 50.6 Å². The molecule has 6 N–H and O–H groups in total. The van der Waals surface area contributed by atoms with E-state index in [0.717, 1.165) is 23.8 Å². The fourth-order valence-corrected chi connectivity index (χ4v) is 3.95. The summed E-state index contributed by atoms with van der Waals surface area (Å²) in [5.74, 6) is 0.661. The summed E-state index contributed by atoms with van der Waals surface area (Å²) in [6, 6.07) is 15.2. The van der Waals surface area contributed by atoms with E-state index in [1.165, 1.54) is 4.57 Å². The van der Waals surface area contributed by atoms with Crippen molar-refractivity contribution in [3.05, 3.63) is 77.7 Å². The minimum Gasteiger partial charge on any atom is -0.418 e. The average molecular weight is 513 g/mol. The molecule has 3 aromatic rings. The number of carbonyl (C=O) groups excluding carboxylic acids is 3. The Morgan fingerprint density at radius 1 is 0.972 bits per heavy atom. The summed E-state index contributed by atoms with van der Waals surface area (Å²) in [6.07, 6.45) is 4.69. The van der Waals surface area contributed by atoms with Gasteiger partial charge in [-0.05, 0) is 43.0 Å². The van der Waals surface area contributed by atoms with Gasteiger partial charge in [-0.25, -0.2) is 9.59 Å². The molecule has 3 rings (SSSR count). The molecule has 2 aromatic carbocycles. The van der Waals surface area contributed by atoms with Crippen LogP contribution < -0.4 is 17.2 Å². The molecule has 0 aliphatic heterocycles. The van der Waals surface area contributed by atoms with Gasteiger partial charge in [0, 0.05) is 24.4 Å². The number of fused-ring (bicyclic) bond motifs is 1. The van der Waals surface area contributed by atoms with Crippen molar-refractivity contribution in [2.75, 3.05) is 6.54 Å². The highest BCUT2D eigenvalue weighted by molar-refractivity contribution is 5.96. The van der Waals surface area contributed by atoms with E-state index in [-0.39, 0.29) is 36.9 Å². The van der Waals surface area contributed by atoms with Crippen molar-refractivity contribution in [3.8, 4) is 0 Å². The first kappa shape index (κ1) is 29.0. The van der Waals surface area contributed by atoms with E-state index in [9.17, 15) is 14.4 Å². The van der Waals surface area contributed by atoms with Crippen molar-refractivity contribution in [2.24, 2.45) is 17.2 Å². The topological polar surface area (TPSA) is 143 Å². The molecule has 1 heterocycles. The van der Waals surface area contributed by atoms with Gasteiger partial charge < -0.3 is 21.9 Å². The van der Waals surface area contributed by atoms with E-state index < -0.39 is 18.1 Å². The number of halogens is 1. The highest BCUT2D eigenvalue weighted by Gasteiger charge is 2.23. The third kappa shape index (κ3) is 7.62. The van der Waals surface area contributed by atoms with Gasteiger partial charge in [-0.1, -0.05) is 55.0 Å². The Hall–Kier alpha value is -3.26. The third-order valence-electron chi connectivity index (χ3n) is 5.88. The quantitative estimate of drug-likeness (QED) is 0.146. The number of para-hydroxylation sites is 1. The molecule has 1 aromatic heterocycles. The molecule has 0 bridgehead atoms. The number of ether oxygens (including phenoxy) is 1. The van der Waals surface area contributed by atoms with Crippen molar-refractivity contribution in [3.63, 3.8) is 0 Å². The lowest BCUT2D eigenvalue weighted by molar-refractivity contribution is -0.141. The molecule has 0 spiro atoms. The minimum atomic E-state index is -1.03. The first-order valence-corrected chi connectivity index (χ1v) is 11.8. The predicted molar refractivity (Wildman–Crippen MR) is 142 cm³/mol. The Kier molecular flexibility index (Phi) is 11.5. The SMILES string of the molecule is Cl.NCCCC[C@H](N)C(=O)n1cc(C[C@H](N)C(=O)OC(=C=O)CCc2ccccc2)c2ccccc21. The van der Waals surface area contributed by atoms with Crippen LogP contribution in [0.15, 0.2) is 66.6 Å². The first-order chi connectivity index (χ1) is 16.9. The van der Waals surface area contributed by atoms with Crippen LogP contribution in [0.25, 0.3) is 10.9 Å². The van der Waals surface area contributed by atoms with E-state index >= 15 is 0 Å². The zero-order valence-electron chi connectivity index (χ0n) is 20.1. The fourth-order valence-electron chi connectivity index (χ4n) is 3.95. The minimum absolute atomic E-state index is 0. The molecule has 0 aliphatic rings. The molecule has 192 valence electrons. The molecule has 8 nitrogen and oxygen atoms in total. The number of hydrogen-bond donors (Lipinski definition) is 3. The van der Waals surface area contributed by atoms with Crippen LogP contribution in [-0.4, -0.2) is 41.0 Å². The monoisotopic (exact) mass is 512 g/mol. The summed E-state index contributed by atoms with van der Waals surface area (Å²) in [5, 5.41) is 0.800. The Morgan fingerprint density at radius 2 is 1.67 bits per heavy atom. The molecule has 0 radical (unpaired) electrons. The number of unbranched alkanes of at least 4 members (excludes halogenated alkanes) is 1. The van der Waals surface area contributed by atoms with Crippen LogP contribution in [-0.2, 0) is 27.2 Å². The van der Waals surface area contributed by atoms with Crippen LogP contribution >= 0.6 is 12.4 Å². The van der Waals surface area contributed by atoms with Crippen LogP contribution in [0.1, 0.15) is 41.6 Å². The van der Waals surface area contributed by atoms with Gasteiger partial charge in [0.2, 0.25) is 5.91 Å². The lowest BCUT2D eigenvalue weighted by Gasteiger charge is -2.12. The molecule has 2 atom stereocenters. The van der Waals surface area contributed by atoms with E-state index in [1.807, 2.05) is 54.6 Å². The average Bonchev–Trinajstić information content (AvgIpc) is 3.24. The van der Waals surface area contributed by atoms with Gasteiger partial charge in [-0.15, -0.1) is 12.4 Å². The Balaban J connectivity index is 0.00000456. The number of nitrogens with zero attached hydrogens (tertiary/aromatic N) is 1. The molecule has 36 heavy (non-hydrogen) atoms. The van der Waals surface area contributed by atoms with E-state index in [1.54, 1.807) is 12.1 Å². The molecule has 0 fully saturated rings. The Morgan fingerprint density at radius 3 is 2.36 bits per heavy atom. The maximum Gasteiger partial charge on any atom is 0.329 e. The van der Waals surface area contributed by atoms with Crippen LogP contribution in [0.2, 0.25) is 0 Å². The van der Waals surface area contributed by atoms with Gasteiger partial charge in [0.05, 0.1) is 11.6 Å².